The third-order valence-electron chi connectivity index (χ3n) is 4.57. The van der Waals surface area contributed by atoms with E-state index in [1.165, 1.54) is 22.6 Å². The summed E-state index contributed by atoms with van der Waals surface area (Å²) in [6.45, 7) is 5.52. The molecule has 2 aromatic rings. The first-order valence-corrected chi connectivity index (χ1v) is 9.15. The molecule has 2 heterocycles. The third-order valence-corrected chi connectivity index (χ3v) is 5.57. The van der Waals surface area contributed by atoms with E-state index in [9.17, 15) is 9.50 Å². The number of halogens is 1. The molecule has 3 rings (SSSR count). The van der Waals surface area contributed by atoms with Crippen LogP contribution in [0, 0.1) is 18.7 Å². The number of thiophene rings is 1. The monoisotopic (exact) mass is 349 g/mol. The van der Waals surface area contributed by atoms with Crippen molar-refractivity contribution >= 4 is 11.3 Å². The molecule has 24 heavy (non-hydrogen) atoms. The van der Waals surface area contributed by atoms with Gasteiger partial charge in [-0.1, -0.05) is 12.1 Å². The Morgan fingerprint density at radius 3 is 2.75 bits per heavy atom. The smallest absolute Gasteiger partial charge is 0.123 e. The van der Waals surface area contributed by atoms with E-state index in [1.54, 1.807) is 11.3 Å². The highest BCUT2D eigenvalue weighted by Gasteiger charge is 2.29. The number of aryl methyl sites for hydroxylation is 1. The minimum Gasteiger partial charge on any atom is -0.395 e. The molecule has 2 atom stereocenters. The molecule has 0 spiro atoms. The van der Waals surface area contributed by atoms with E-state index < -0.39 is 0 Å². The molecule has 0 aliphatic carbocycles. The Kier molecular flexibility index (Phi) is 5.97. The van der Waals surface area contributed by atoms with Gasteiger partial charge in [-0.05, 0) is 41.6 Å². The zero-order valence-electron chi connectivity index (χ0n) is 13.8. The van der Waals surface area contributed by atoms with Gasteiger partial charge in [-0.3, -0.25) is 10.3 Å². The Bertz CT molecular complexity index is 646. The first-order chi connectivity index (χ1) is 11.7. The summed E-state index contributed by atoms with van der Waals surface area (Å²) in [6.07, 6.45) is 0. The summed E-state index contributed by atoms with van der Waals surface area (Å²) < 4.78 is 13.2. The molecule has 0 saturated carbocycles. The number of hydrogen-bond acceptors (Lipinski definition) is 5. The normalized spacial score (nSPS) is 20.8. The van der Waals surface area contributed by atoms with Crippen LogP contribution < -0.4 is 10.9 Å². The third kappa shape index (κ3) is 4.20. The average molecular weight is 349 g/mol. The minimum atomic E-state index is -0.212. The zero-order chi connectivity index (χ0) is 16.9. The molecule has 1 aliphatic heterocycles. The van der Waals surface area contributed by atoms with Crippen molar-refractivity contribution in [2.24, 2.45) is 5.92 Å². The van der Waals surface area contributed by atoms with E-state index in [4.69, 9.17) is 0 Å². The second-order valence-electron chi connectivity index (χ2n) is 6.30. The topological polar surface area (TPSA) is 47.5 Å². The second-order valence-corrected chi connectivity index (χ2v) is 7.30. The maximum absolute atomic E-state index is 13.2. The van der Waals surface area contributed by atoms with Crippen LogP contribution in [0.5, 0.6) is 0 Å². The molecule has 3 N–H and O–H groups in total. The Balaban J connectivity index is 1.68. The molecule has 1 aliphatic rings. The van der Waals surface area contributed by atoms with Gasteiger partial charge in [-0.15, -0.1) is 11.3 Å². The fourth-order valence-corrected chi connectivity index (χ4v) is 4.16. The number of rotatable bonds is 7. The molecule has 2 unspecified atom stereocenters. The van der Waals surface area contributed by atoms with Gasteiger partial charge in [0.2, 0.25) is 0 Å². The van der Waals surface area contributed by atoms with Crippen LogP contribution in [-0.2, 0) is 6.54 Å². The van der Waals surface area contributed by atoms with Crippen molar-refractivity contribution < 1.29 is 9.50 Å². The van der Waals surface area contributed by atoms with E-state index in [1.807, 2.05) is 12.1 Å². The van der Waals surface area contributed by atoms with Crippen molar-refractivity contribution in [2.75, 3.05) is 26.2 Å². The lowest BCUT2D eigenvalue weighted by Gasteiger charge is -2.27. The van der Waals surface area contributed by atoms with Gasteiger partial charge in [0.1, 0.15) is 5.82 Å². The highest BCUT2D eigenvalue weighted by atomic mass is 32.1. The lowest BCUT2D eigenvalue weighted by molar-refractivity contribution is 0.168. The molecule has 6 heteroatoms. The maximum Gasteiger partial charge on any atom is 0.123 e. The predicted octanol–water partition coefficient (Wildman–Crippen LogP) is 2.46. The molecule has 0 amide bonds. The van der Waals surface area contributed by atoms with Crippen LogP contribution in [0.15, 0.2) is 35.7 Å². The molecule has 4 nitrogen and oxygen atoms in total. The predicted molar refractivity (Wildman–Crippen MR) is 95.2 cm³/mol. The molecule has 130 valence electrons. The van der Waals surface area contributed by atoms with Gasteiger partial charge in [0.25, 0.3) is 0 Å². The summed E-state index contributed by atoms with van der Waals surface area (Å²) in [5.41, 5.74) is 8.92. The summed E-state index contributed by atoms with van der Waals surface area (Å²) in [4.78, 5) is 3.65. The standard InChI is InChI=1S/C18H24FN3OS/c1-13-6-9-24-17(13)12-22(7-8-23)11-15-10-20-21-18(15)14-2-4-16(19)5-3-14/h2-6,9,15,18,20-21,23H,7-8,10-12H2,1H3. The van der Waals surface area contributed by atoms with Gasteiger partial charge in [0, 0.05) is 37.0 Å². The number of nitrogens with one attached hydrogen (secondary N) is 2. The Morgan fingerprint density at radius 2 is 2.08 bits per heavy atom. The molecule has 1 fully saturated rings. The van der Waals surface area contributed by atoms with Crippen LogP contribution in [-0.4, -0.2) is 36.2 Å². The van der Waals surface area contributed by atoms with Crippen molar-refractivity contribution in [1.82, 2.24) is 15.8 Å². The largest absolute Gasteiger partial charge is 0.395 e. The quantitative estimate of drug-likeness (QED) is 0.719. The Labute approximate surface area is 146 Å². The molecular formula is C18H24FN3OS. The number of hydrazine groups is 1. The Hall–Kier alpha value is -1.31. The summed E-state index contributed by atoms with van der Waals surface area (Å²) in [5.74, 6) is 0.151. The summed E-state index contributed by atoms with van der Waals surface area (Å²) in [6, 6.07) is 8.98. The van der Waals surface area contributed by atoms with Gasteiger partial charge in [-0.25, -0.2) is 9.82 Å². The highest BCUT2D eigenvalue weighted by molar-refractivity contribution is 7.10. The van der Waals surface area contributed by atoms with Crippen molar-refractivity contribution in [2.45, 2.75) is 19.5 Å². The van der Waals surface area contributed by atoms with Crippen molar-refractivity contribution in [3.05, 3.63) is 57.5 Å². The van der Waals surface area contributed by atoms with E-state index >= 15 is 0 Å². The molecule has 0 bridgehead atoms. The van der Waals surface area contributed by atoms with Crippen LogP contribution >= 0.6 is 11.3 Å². The van der Waals surface area contributed by atoms with Crippen LogP contribution in [0.25, 0.3) is 0 Å². The minimum absolute atomic E-state index is 0.149. The van der Waals surface area contributed by atoms with Crippen molar-refractivity contribution in [3.63, 3.8) is 0 Å². The molecule has 1 aromatic carbocycles. The fraction of sp³-hybridized carbons (Fsp3) is 0.444. The second kappa shape index (κ2) is 8.18. The average Bonchev–Trinajstić information content (AvgIpc) is 3.18. The lowest BCUT2D eigenvalue weighted by atomic mass is 9.94. The summed E-state index contributed by atoms with van der Waals surface area (Å²) in [5, 5.41) is 11.5. The van der Waals surface area contributed by atoms with Gasteiger partial charge < -0.3 is 5.11 Å². The van der Waals surface area contributed by atoms with Crippen LogP contribution in [0.2, 0.25) is 0 Å². The first-order valence-electron chi connectivity index (χ1n) is 8.27. The van der Waals surface area contributed by atoms with Gasteiger partial charge in [0.05, 0.1) is 12.6 Å². The maximum atomic E-state index is 13.2. The van der Waals surface area contributed by atoms with E-state index in [-0.39, 0.29) is 18.5 Å². The molecule has 0 radical (unpaired) electrons. The Morgan fingerprint density at radius 1 is 1.29 bits per heavy atom. The number of hydrogen-bond donors (Lipinski definition) is 3. The van der Waals surface area contributed by atoms with Crippen LogP contribution in [0.4, 0.5) is 4.39 Å². The number of aliphatic hydroxyl groups is 1. The SMILES string of the molecule is Cc1ccsc1CN(CCO)CC1CNNC1c1ccc(F)cc1. The molecular weight excluding hydrogens is 325 g/mol. The van der Waals surface area contributed by atoms with E-state index in [0.29, 0.717) is 12.5 Å². The number of aliphatic hydroxyl groups excluding tert-OH is 1. The highest BCUT2D eigenvalue weighted by Crippen LogP contribution is 2.27. The summed E-state index contributed by atoms with van der Waals surface area (Å²) >= 11 is 1.76. The van der Waals surface area contributed by atoms with E-state index in [2.05, 4.69) is 34.1 Å². The van der Waals surface area contributed by atoms with Crippen molar-refractivity contribution in [1.29, 1.82) is 0 Å². The van der Waals surface area contributed by atoms with Gasteiger partial charge in [0.15, 0.2) is 0 Å². The van der Waals surface area contributed by atoms with Crippen molar-refractivity contribution in [3.8, 4) is 0 Å². The fourth-order valence-electron chi connectivity index (χ4n) is 3.21. The number of benzene rings is 1. The van der Waals surface area contributed by atoms with Crippen LogP contribution in [0.1, 0.15) is 22.0 Å². The van der Waals surface area contributed by atoms with Crippen LogP contribution in [0.3, 0.4) is 0 Å². The molecule has 1 saturated heterocycles. The van der Waals surface area contributed by atoms with Gasteiger partial charge >= 0.3 is 0 Å². The van der Waals surface area contributed by atoms with E-state index in [0.717, 1.165) is 25.2 Å². The lowest BCUT2D eigenvalue weighted by Crippen LogP contribution is -2.34. The van der Waals surface area contributed by atoms with Gasteiger partial charge in [-0.2, -0.15) is 0 Å². The molecule has 1 aromatic heterocycles. The zero-order valence-corrected chi connectivity index (χ0v) is 14.7. The first kappa shape index (κ1) is 17.5. The number of nitrogens with zero attached hydrogens (tertiary/aromatic N) is 1. The summed E-state index contributed by atoms with van der Waals surface area (Å²) in [7, 11) is 0.